The summed E-state index contributed by atoms with van der Waals surface area (Å²) in [6.45, 7) is 7.06. The summed E-state index contributed by atoms with van der Waals surface area (Å²) < 4.78 is 0. The first-order valence-electron chi connectivity index (χ1n) is 9.42. The lowest BCUT2D eigenvalue weighted by Gasteiger charge is -2.42. The van der Waals surface area contributed by atoms with Crippen LogP contribution in [0.25, 0.3) is 0 Å². The second-order valence-corrected chi connectivity index (χ2v) is 7.81. The molecule has 0 aromatic heterocycles. The van der Waals surface area contributed by atoms with Crippen molar-refractivity contribution < 1.29 is 4.79 Å². The van der Waals surface area contributed by atoms with Gasteiger partial charge in [0.25, 0.3) is 0 Å². The average Bonchev–Trinajstić information content (AvgIpc) is 3.04. The zero-order chi connectivity index (χ0) is 15.5. The zero-order valence-electron chi connectivity index (χ0n) is 14.2. The van der Waals surface area contributed by atoms with E-state index in [0.29, 0.717) is 18.4 Å². The SMILES string of the molecule is CC1CCC(N2CCN(C(=O)[C@@H]3CCC[C@@H]3CN)CC2)CC1. The average molecular weight is 307 g/mol. The van der Waals surface area contributed by atoms with E-state index < -0.39 is 0 Å². The molecule has 1 saturated heterocycles. The van der Waals surface area contributed by atoms with Crippen molar-refractivity contribution in [3.63, 3.8) is 0 Å². The molecule has 0 aromatic carbocycles. The quantitative estimate of drug-likeness (QED) is 0.868. The molecule has 1 heterocycles. The number of piperazine rings is 1. The van der Waals surface area contributed by atoms with Crippen LogP contribution < -0.4 is 5.73 Å². The molecule has 2 aliphatic carbocycles. The molecule has 2 atom stereocenters. The lowest BCUT2D eigenvalue weighted by atomic mass is 9.86. The number of nitrogens with two attached hydrogens (primary N) is 1. The standard InChI is InChI=1S/C18H33N3O/c1-14-5-7-16(8-6-14)20-9-11-21(12-10-20)18(22)17-4-2-3-15(17)13-19/h14-17H,2-13,19H2,1H3/t14?,15-,16?,17-/m1/s1. The van der Waals surface area contributed by atoms with E-state index in [0.717, 1.165) is 51.0 Å². The van der Waals surface area contributed by atoms with Gasteiger partial charge in [-0.3, -0.25) is 9.69 Å². The van der Waals surface area contributed by atoms with E-state index in [9.17, 15) is 4.79 Å². The van der Waals surface area contributed by atoms with E-state index >= 15 is 0 Å². The van der Waals surface area contributed by atoms with E-state index in [-0.39, 0.29) is 5.92 Å². The molecule has 22 heavy (non-hydrogen) atoms. The van der Waals surface area contributed by atoms with Crippen molar-refractivity contribution in [2.45, 2.75) is 57.9 Å². The molecule has 3 fully saturated rings. The van der Waals surface area contributed by atoms with Crippen LogP contribution in [0.3, 0.4) is 0 Å². The third-order valence-electron chi connectivity index (χ3n) is 6.41. The first-order chi connectivity index (χ1) is 10.7. The second-order valence-electron chi connectivity index (χ2n) is 7.81. The predicted molar refractivity (Wildman–Crippen MR) is 89.5 cm³/mol. The van der Waals surface area contributed by atoms with Crippen LogP contribution in [0.4, 0.5) is 0 Å². The Balaban J connectivity index is 1.48. The highest BCUT2D eigenvalue weighted by Gasteiger charge is 2.36. The molecule has 2 saturated carbocycles. The summed E-state index contributed by atoms with van der Waals surface area (Å²) in [7, 11) is 0. The lowest BCUT2D eigenvalue weighted by molar-refractivity contribution is -0.138. The van der Waals surface area contributed by atoms with Crippen LogP contribution in [-0.2, 0) is 4.79 Å². The van der Waals surface area contributed by atoms with Crippen LogP contribution in [0.2, 0.25) is 0 Å². The minimum atomic E-state index is 0.215. The summed E-state index contributed by atoms with van der Waals surface area (Å²) >= 11 is 0. The number of rotatable bonds is 3. The van der Waals surface area contributed by atoms with Gasteiger partial charge in [-0.2, -0.15) is 0 Å². The molecule has 2 N–H and O–H groups in total. The number of carbonyl (C=O) groups excluding carboxylic acids is 1. The zero-order valence-corrected chi connectivity index (χ0v) is 14.2. The van der Waals surface area contributed by atoms with Gasteiger partial charge in [-0.1, -0.05) is 13.3 Å². The van der Waals surface area contributed by atoms with Crippen LogP contribution in [0.1, 0.15) is 51.9 Å². The molecule has 1 aliphatic heterocycles. The molecule has 1 amide bonds. The monoisotopic (exact) mass is 307 g/mol. The Morgan fingerprint density at radius 2 is 1.68 bits per heavy atom. The maximum Gasteiger partial charge on any atom is 0.226 e. The molecule has 3 rings (SSSR count). The van der Waals surface area contributed by atoms with E-state index in [4.69, 9.17) is 5.73 Å². The molecular weight excluding hydrogens is 274 g/mol. The molecule has 126 valence electrons. The van der Waals surface area contributed by atoms with Crippen molar-refractivity contribution >= 4 is 5.91 Å². The molecule has 0 spiro atoms. The minimum absolute atomic E-state index is 0.215. The highest BCUT2D eigenvalue weighted by molar-refractivity contribution is 5.79. The third-order valence-corrected chi connectivity index (χ3v) is 6.41. The van der Waals surface area contributed by atoms with E-state index in [1.54, 1.807) is 0 Å². The fraction of sp³-hybridized carbons (Fsp3) is 0.944. The van der Waals surface area contributed by atoms with Crippen molar-refractivity contribution in [2.75, 3.05) is 32.7 Å². The summed E-state index contributed by atoms with van der Waals surface area (Å²) in [5.74, 6) is 1.96. The number of amides is 1. The van der Waals surface area contributed by atoms with Crippen molar-refractivity contribution in [2.24, 2.45) is 23.5 Å². The van der Waals surface area contributed by atoms with E-state index in [1.807, 2.05) is 0 Å². The van der Waals surface area contributed by atoms with Crippen molar-refractivity contribution in [3.05, 3.63) is 0 Å². The normalized spacial score (nSPS) is 37.5. The van der Waals surface area contributed by atoms with Gasteiger partial charge in [0.1, 0.15) is 0 Å². The predicted octanol–water partition coefficient (Wildman–Crippen LogP) is 2.08. The van der Waals surface area contributed by atoms with E-state index in [2.05, 4.69) is 16.7 Å². The largest absolute Gasteiger partial charge is 0.340 e. The van der Waals surface area contributed by atoms with Gasteiger partial charge in [-0.25, -0.2) is 0 Å². The van der Waals surface area contributed by atoms with Gasteiger partial charge in [0, 0.05) is 38.1 Å². The smallest absolute Gasteiger partial charge is 0.226 e. The van der Waals surface area contributed by atoms with Crippen molar-refractivity contribution in [3.8, 4) is 0 Å². The Morgan fingerprint density at radius 3 is 2.32 bits per heavy atom. The Hall–Kier alpha value is -0.610. The Kier molecular flexibility index (Phi) is 5.40. The number of hydrogen-bond donors (Lipinski definition) is 1. The molecule has 0 unspecified atom stereocenters. The van der Waals surface area contributed by atoms with Crippen LogP contribution >= 0.6 is 0 Å². The Bertz CT molecular complexity index is 371. The Morgan fingerprint density at radius 1 is 1.00 bits per heavy atom. The maximum absolute atomic E-state index is 12.7. The molecular formula is C18H33N3O. The summed E-state index contributed by atoms with van der Waals surface area (Å²) in [5.41, 5.74) is 5.84. The summed E-state index contributed by atoms with van der Waals surface area (Å²) in [6, 6.07) is 0.775. The van der Waals surface area contributed by atoms with Crippen molar-refractivity contribution in [1.29, 1.82) is 0 Å². The first-order valence-corrected chi connectivity index (χ1v) is 9.42. The highest BCUT2D eigenvalue weighted by Crippen LogP contribution is 2.33. The lowest BCUT2D eigenvalue weighted by Crippen LogP contribution is -2.54. The summed E-state index contributed by atoms with van der Waals surface area (Å²) in [4.78, 5) is 17.5. The van der Waals surface area contributed by atoms with Crippen LogP contribution in [0.5, 0.6) is 0 Å². The highest BCUT2D eigenvalue weighted by atomic mass is 16.2. The van der Waals surface area contributed by atoms with Crippen LogP contribution in [-0.4, -0.2) is 54.5 Å². The topological polar surface area (TPSA) is 49.6 Å². The van der Waals surface area contributed by atoms with Gasteiger partial charge in [0.15, 0.2) is 0 Å². The van der Waals surface area contributed by atoms with Gasteiger partial charge in [-0.05, 0) is 56.9 Å². The molecule has 3 aliphatic rings. The molecule has 0 aromatic rings. The van der Waals surface area contributed by atoms with Gasteiger partial charge >= 0.3 is 0 Å². The first kappa shape index (κ1) is 16.3. The van der Waals surface area contributed by atoms with Gasteiger partial charge in [-0.15, -0.1) is 0 Å². The fourth-order valence-corrected chi connectivity index (χ4v) is 4.79. The van der Waals surface area contributed by atoms with Gasteiger partial charge < -0.3 is 10.6 Å². The van der Waals surface area contributed by atoms with Gasteiger partial charge in [0.2, 0.25) is 5.91 Å². The number of nitrogens with zero attached hydrogens (tertiary/aromatic N) is 2. The third kappa shape index (κ3) is 3.48. The van der Waals surface area contributed by atoms with Crippen LogP contribution in [0.15, 0.2) is 0 Å². The van der Waals surface area contributed by atoms with Crippen LogP contribution in [0, 0.1) is 17.8 Å². The molecule has 0 radical (unpaired) electrons. The Labute approximate surface area is 135 Å². The number of carbonyl (C=O) groups is 1. The molecule has 4 nitrogen and oxygen atoms in total. The van der Waals surface area contributed by atoms with Gasteiger partial charge in [0.05, 0.1) is 0 Å². The summed E-state index contributed by atoms with van der Waals surface area (Å²) in [6.07, 6.45) is 8.85. The molecule has 4 heteroatoms. The van der Waals surface area contributed by atoms with Crippen molar-refractivity contribution in [1.82, 2.24) is 9.80 Å². The fourth-order valence-electron chi connectivity index (χ4n) is 4.79. The summed E-state index contributed by atoms with van der Waals surface area (Å²) in [5, 5.41) is 0. The maximum atomic E-state index is 12.7. The minimum Gasteiger partial charge on any atom is -0.340 e. The second kappa shape index (κ2) is 7.31. The van der Waals surface area contributed by atoms with E-state index in [1.165, 1.54) is 32.1 Å². The molecule has 0 bridgehead atoms. The number of hydrogen-bond acceptors (Lipinski definition) is 3.